The fourth-order valence-electron chi connectivity index (χ4n) is 3.42. The zero-order valence-electron chi connectivity index (χ0n) is 11.9. The van der Waals surface area contributed by atoms with Crippen molar-refractivity contribution in [1.29, 1.82) is 0 Å². The lowest BCUT2D eigenvalue weighted by atomic mass is 10.0. The van der Waals surface area contributed by atoms with Crippen LogP contribution in [0.25, 0.3) is 10.9 Å². The molecule has 1 atom stereocenters. The lowest BCUT2D eigenvalue weighted by molar-refractivity contribution is 0.183. The molecule has 1 aromatic heterocycles. The van der Waals surface area contributed by atoms with E-state index in [1.54, 1.807) is 0 Å². The molecule has 0 radical (unpaired) electrons. The summed E-state index contributed by atoms with van der Waals surface area (Å²) in [5, 5.41) is 5.17. The Hall–Kier alpha value is -1.32. The molecule has 1 aliphatic heterocycles. The summed E-state index contributed by atoms with van der Waals surface area (Å²) < 4.78 is 0. The van der Waals surface area contributed by atoms with Crippen LogP contribution in [-0.2, 0) is 6.54 Å². The SMILES string of the molecule is c1ccc2c(CN3CCCC(NC4CC4)C3)c[nH]c2c1. The lowest BCUT2D eigenvalue weighted by Gasteiger charge is -2.33. The largest absolute Gasteiger partial charge is 0.361 e. The number of likely N-dealkylation sites (tertiary alicyclic amines) is 1. The maximum Gasteiger partial charge on any atom is 0.0457 e. The van der Waals surface area contributed by atoms with Crippen molar-refractivity contribution in [2.24, 2.45) is 0 Å². The van der Waals surface area contributed by atoms with Crippen molar-refractivity contribution in [2.75, 3.05) is 13.1 Å². The Labute approximate surface area is 120 Å². The fourth-order valence-corrected chi connectivity index (χ4v) is 3.42. The minimum atomic E-state index is 0.710. The Morgan fingerprint density at radius 2 is 2.05 bits per heavy atom. The van der Waals surface area contributed by atoms with Crippen molar-refractivity contribution in [3.8, 4) is 0 Å². The van der Waals surface area contributed by atoms with Gasteiger partial charge in [-0.1, -0.05) is 18.2 Å². The van der Waals surface area contributed by atoms with Crippen molar-refractivity contribution in [3.05, 3.63) is 36.0 Å². The molecule has 2 fully saturated rings. The Balaban J connectivity index is 1.44. The lowest BCUT2D eigenvalue weighted by Crippen LogP contribution is -2.45. The van der Waals surface area contributed by atoms with E-state index in [-0.39, 0.29) is 0 Å². The summed E-state index contributed by atoms with van der Waals surface area (Å²) in [5.41, 5.74) is 2.69. The fraction of sp³-hybridized carbons (Fsp3) is 0.529. The molecule has 0 spiro atoms. The predicted molar refractivity (Wildman–Crippen MR) is 82.8 cm³/mol. The van der Waals surface area contributed by atoms with Crippen LogP contribution in [0.1, 0.15) is 31.2 Å². The molecule has 106 valence electrons. The minimum Gasteiger partial charge on any atom is -0.361 e. The van der Waals surface area contributed by atoms with Crippen molar-refractivity contribution < 1.29 is 0 Å². The van der Waals surface area contributed by atoms with Gasteiger partial charge in [-0.2, -0.15) is 0 Å². The van der Waals surface area contributed by atoms with Gasteiger partial charge in [-0.25, -0.2) is 0 Å². The van der Waals surface area contributed by atoms with Crippen molar-refractivity contribution in [3.63, 3.8) is 0 Å². The number of nitrogens with zero attached hydrogens (tertiary/aromatic N) is 1. The number of aromatic nitrogens is 1. The van der Waals surface area contributed by atoms with E-state index in [0.29, 0.717) is 6.04 Å². The van der Waals surface area contributed by atoms with Crippen LogP contribution >= 0.6 is 0 Å². The summed E-state index contributed by atoms with van der Waals surface area (Å²) in [5.74, 6) is 0. The smallest absolute Gasteiger partial charge is 0.0457 e. The second kappa shape index (κ2) is 5.23. The summed E-state index contributed by atoms with van der Waals surface area (Å²) in [7, 11) is 0. The zero-order valence-corrected chi connectivity index (χ0v) is 11.9. The van der Waals surface area contributed by atoms with Gasteiger partial charge < -0.3 is 10.3 Å². The van der Waals surface area contributed by atoms with Crippen molar-refractivity contribution >= 4 is 10.9 Å². The molecular formula is C17H23N3. The van der Waals surface area contributed by atoms with E-state index in [1.807, 2.05) is 0 Å². The number of H-pyrrole nitrogens is 1. The number of nitrogens with one attached hydrogen (secondary N) is 2. The Morgan fingerprint density at radius 1 is 1.15 bits per heavy atom. The van der Waals surface area contributed by atoms with Gasteiger partial charge in [-0.15, -0.1) is 0 Å². The van der Waals surface area contributed by atoms with E-state index < -0.39 is 0 Å². The second-order valence-electron chi connectivity index (χ2n) is 6.37. The van der Waals surface area contributed by atoms with Crippen molar-refractivity contribution in [1.82, 2.24) is 15.2 Å². The van der Waals surface area contributed by atoms with Gasteiger partial charge in [0.15, 0.2) is 0 Å². The van der Waals surface area contributed by atoms with Crippen LogP contribution in [0.5, 0.6) is 0 Å². The van der Waals surface area contributed by atoms with E-state index in [9.17, 15) is 0 Å². The average Bonchev–Trinajstić information content (AvgIpc) is 3.20. The number of para-hydroxylation sites is 1. The van der Waals surface area contributed by atoms with E-state index in [4.69, 9.17) is 0 Å². The molecule has 1 saturated carbocycles. The molecule has 1 unspecified atom stereocenters. The van der Waals surface area contributed by atoms with Gasteiger partial charge in [0.05, 0.1) is 0 Å². The van der Waals surface area contributed by atoms with Crippen LogP contribution in [0.3, 0.4) is 0 Å². The Morgan fingerprint density at radius 3 is 2.95 bits per heavy atom. The third kappa shape index (κ3) is 2.60. The molecular weight excluding hydrogens is 246 g/mol. The van der Waals surface area contributed by atoms with Crippen LogP contribution in [0, 0.1) is 0 Å². The molecule has 1 aromatic carbocycles. The molecule has 0 amide bonds. The number of benzene rings is 1. The summed E-state index contributed by atoms with van der Waals surface area (Å²) in [6.07, 6.45) is 7.63. The summed E-state index contributed by atoms with van der Waals surface area (Å²) in [6.45, 7) is 3.52. The topological polar surface area (TPSA) is 31.1 Å². The standard InChI is InChI=1S/C17H23N3/c1-2-6-17-16(5-1)13(10-18-17)11-20-9-3-4-15(12-20)19-14-7-8-14/h1-2,5-6,10,14-15,18-19H,3-4,7-9,11-12H2. The van der Waals surface area contributed by atoms with Crippen molar-refractivity contribution in [2.45, 2.75) is 44.3 Å². The molecule has 1 aliphatic carbocycles. The zero-order chi connectivity index (χ0) is 13.4. The number of fused-ring (bicyclic) bond motifs is 1. The number of piperidine rings is 1. The average molecular weight is 269 g/mol. The molecule has 1 saturated heterocycles. The Bertz CT molecular complexity index is 585. The van der Waals surface area contributed by atoms with Gasteiger partial charge in [-0.3, -0.25) is 4.90 Å². The van der Waals surface area contributed by atoms with Gasteiger partial charge in [0.2, 0.25) is 0 Å². The molecule has 2 heterocycles. The quantitative estimate of drug-likeness (QED) is 0.894. The highest BCUT2D eigenvalue weighted by Crippen LogP contribution is 2.24. The molecule has 2 aliphatic rings. The molecule has 20 heavy (non-hydrogen) atoms. The van der Waals surface area contributed by atoms with Gasteiger partial charge in [0.25, 0.3) is 0 Å². The number of hydrogen-bond donors (Lipinski definition) is 2. The van der Waals surface area contributed by atoms with Crippen LogP contribution in [0.4, 0.5) is 0 Å². The second-order valence-corrected chi connectivity index (χ2v) is 6.37. The monoisotopic (exact) mass is 269 g/mol. The van der Waals surface area contributed by atoms with Gasteiger partial charge >= 0.3 is 0 Å². The number of hydrogen-bond acceptors (Lipinski definition) is 2. The molecule has 2 aromatic rings. The van der Waals surface area contributed by atoms with Gasteiger partial charge in [-0.05, 0) is 43.9 Å². The molecule has 3 nitrogen and oxygen atoms in total. The highest BCUT2D eigenvalue weighted by atomic mass is 15.2. The first-order chi connectivity index (χ1) is 9.88. The third-order valence-electron chi connectivity index (χ3n) is 4.62. The van der Waals surface area contributed by atoms with Gasteiger partial charge in [0, 0.05) is 42.3 Å². The maximum atomic E-state index is 3.79. The molecule has 2 N–H and O–H groups in total. The highest BCUT2D eigenvalue weighted by Gasteiger charge is 2.27. The maximum absolute atomic E-state index is 3.79. The van der Waals surface area contributed by atoms with Crippen LogP contribution < -0.4 is 5.32 Å². The van der Waals surface area contributed by atoms with Crippen LogP contribution in [0.15, 0.2) is 30.5 Å². The first-order valence-electron chi connectivity index (χ1n) is 7.92. The first kappa shape index (κ1) is 12.4. The van der Waals surface area contributed by atoms with Crippen LogP contribution in [0.2, 0.25) is 0 Å². The third-order valence-corrected chi connectivity index (χ3v) is 4.62. The predicted octanol–water partition coefficient (Wildman–Crippen LogP) is 2.88. The summed E-state index contributed by atoms with van der Waals surface area (Å²) >= 11 is 0. The number of aromatic amines is 1. The first-order valence-corrected chi connectivity index (χ1v) is 7.92. The number of rotatable bonds is 4. The minimum absolute atomic E-state index is 0.710. The van der Waals surface area contributed by atoms with Gasteiger partial charge in [0.1, 0.15) is 0 Å². The molecule has 3 heteroatoms. The summed E-state index contributed by atoms with van der Waals surface area (Å²) in [4.78, 5) is 6.00. The van der Waals surface area contributed by atoms with E-state index in [0.717, 1.165) is 12.6 Å². The van der Waals surface area contributed by atoms with E-state index in [1.165, 1.54) is 55.2 Å². The van der Waals surface area contributed by atoms with E-state index in [2.05, 4.69) is 45.7 Å². The molecule has 0 bridgehead atoms. The highest BCUT2D eigenvalue weighted by molar-refractivity contribution is 5.82. The Kier molecular flexibility index (Phi) is 3.25. The van der Waals surface area contributed by atoms with E-state index >= 15 is 0 Å². The summed E-state index contributed by atoms with van der Waals surface area (Å²) in [6, 6.07) is 10.2. The molecule has 4 rings (SSSR count). The van der Waals surface area contributed by atoms with Crippen LogP contribution in [-0.4, -0.2) is 35.1 Å². The normalized spacial score (nSPS) is 24.3.